The van der Waals surface area contributed by atoms with Gasteiger partial charge in [-0.2, -0.15) is 0 Å². The number of nitrogens with one attached hydrogen (secondary N) is 2. The van der Waals surface area contributed by atoms with Gasteiger partial charge in [-0.15, -0.1) is 0 Å². The van der Waals surface area contributed by atoms with Crippen molar-refractivity contribution < 1.29 is 14.3 Å². The number of hydrogen-bond donors (Lipinski definition) is 2. The Morgan fingerprint density at radius 2 is 1.84 bits per heavy atom. The van der Waals surface area contributed by atoms with Crippen LogP contribution in [0.15, 0.2) is 36.4 Å². The Morgan fingerprint density at radius 1 is 1.08 bits per heavy atom. The van der Waals surface area contributed by atoms with Gasteiger partial charge in [-0.25, -0.2) is 4.79 Å². The molecule has 2 N–H and O–H groups in total. The van der Waals surface area contributed by atoms with Crippen molar-refractivity contribution in [1.29, 1.82) is 0 Å². The smallest absolute Gasteiger partial charge is 0.337 e. The van der Waals surface area contributed by atoms with Crippen LogP contribution in [0.3, 0.4) is 0 Å². The lowest BCUT2D eigenvalue weighted by Crippen LogP contribution is -2.16. The summed E-state index contributed by atoms with van der Waals surface area (Å²) in [6.07, 6.45) is 0.270. The first-order chi connectivity index (χ1) is 11.9. The molecule has 0 saturated carbocycles. The van der Waals surface area contributed by atoms with Crippen molar-refractivity contribution in [3.63, 3.8) is 0 Å². The van der Waals surface area contributed by atoms with Crippen molar-refractivity contribution in [2.75, 3.05) is 24.3 Å². The van der Waals surface area contributed by atoms with E-state index < -0.39 is 5.97 Å². The van der Waals surface area contributed by atoms with E-state index in [0.29, 0.717) is 22.8 Å². The molecule has 132 valence electrons. The largest absolute Gasteiger partial charge is 0.465 e. The van der Waals surface area contributed by atoms with E-state index in [1.54, 1.807) is 18.2 Å². The third-order valence-electron chi connectivity index (χ3n) is 3.85. The molecule has 0 fully saturated rings. The summed E-state index contributed by atoms with van der Waals surface area (Å²) in [5.74, 6) is -0.539. The molecule has 0 saturated heterocycles. The Morgan fingerprint density at radius 3 is 2.52 bits per heavy atom. The molecule has 0 aliphatic carbocycles. The zero-order chi connectivity index (χ0) is 18.4. The van der Waals surface area contributed by atoms with Gasteiger partial charge in [-0.05, 0) is 55.3 Å². The number of benzene rings is 2. The van der Waals surface area contributed by atoms with Crippen LogP contribution >= 0.6 is 11.6 Å². The fraction of sp³-hybridized carbons (Fsp3) is 0.263. The van der Waals surface area contributed by atoms with Crippen LogP contribution in [0, 0.1) is 13.8 Å². The van der Waals surface area contributed by atoms with E-state index in [2.05, 4.69) is 15.4 Å². The van der Waals surface area contributed by atoms with Crippen LogP contribution in [-0.2, 0) is 9.53 Å². The molecule has 0 atom stereocenters. The zero-order valence-corrected chi connectivity index (χ0v) is 15.2. The van der Waals surface area contributed by atoms with Gasteiger partial charge in [-0.1, -0.05) is 17.7 Å². The normalized spacial score (nSPS) is 10.2. The van der Waals surface area contributed by atoms with E-state index in [9.17, 15) is 9.59 Å². The molecule has 0 bridgehead atoms. The van der Waals surface area contributed by atoms with Crippen LogP contribution in [0.4, 0.5) is 11.4 Å². The Kier molecular flexibility index (Phi) is 6.42. The number of hydrogen-bond acceptors (Lipinski definition) is 4. The maximum absolute atomic E-state index is 12.0. The van der Waals surface area contributed by atoms with Crippen LogP contribution in [0.1, 0.15) is 27.9 Å². The molecule has 0 unspecified atom stereocenters. The number of aryl methyl sites for hydroxylation is 2. The summed E-state index contributed by atoms with van der Waals surface area (Å²) in [5, 5.41) is 6.41. The Hall–Kier alpha value is -2.53. The standard InChI is InChI=1S/C19H21ClN2O3/c1-12-4-6-15(10-13(12)2)22-18(23)8-9-21-17-11-14(19(24)25-3)5-7-16(17)20/h4-7,10-11,21H,8-9H2,1-3H3,(H,22,23). The minimum absolute atomic E-state index is 0.101. The topological polar surface area (TPSA) is 67.4 Å². The summed E-state index contributed by atoms with van der Waals surface area (Å²) in [7, 11) is 1.32. The molecule has 2 aromatic carbocycles. The summed E-state index contributed by atoms with van der Waals surface area (Å²) in [6, 6.07) is 10.6. The number of carbonyl (C=O) groups is 2. The second-order valence-electron chi connectivity index (χ2n) is 5.71. The van der Waals surface area contributed by atoms with Crippen molar-refractivity contribution in [2.24, 2.45) is 0 Å². The Bertz CT molecular complexity index is 790. The minimum atomic E-state index is -0.438. The van der Waals surface area contributed by atoms with Gasteiger partial charge in [0.1, 0.15) is 0 Å². The van der Waals surface area contributed by atoms with Gasteiger partial charge >= 0.3 is 5.97 Å². The van der Waals surface area contributed by atoms with E-state index in [-0.39, 0.29) is 12.3 Å². The lowest BCUT2D eigenvalue weighted by atomic mass is 10.1. The number of ether oxygens (including phenoxy) is 1. The first kappa shape index (κ1) is 18.8. The van der Waals surface area contributed by atoms with Crippen molar-refractivity contribution in [3.05, 3.63) is 58.1 Å². The number of methoxy groups -OCH3 is 1. The molecule has 0 radical (unpaired) electrons. The van der Waals surface area contributed by atoms with Crippen LogP contribution in [-0.4, -0.2) is 25.5 Å². The predicted octanol–water partition coefficient (Wildman–Crippen LogP) is 4.18. The quantitative estimate of drug-likeness (QED) is 0.758. The van der Waals surface area contributed by atoms with Crippen LogP contribution in [0.2, 0.25) is 5.02 Å². The fourth-order valence-electron chi connectivity index (χ4n) is 2.26. The molecular weight excluding hydrogens is 340 g/mol. The van der Waals surface area contributed by atoms with Crippen molar-refractivity contribution in [3.8, 4) is 0 Å². The molecule has 0 aromatic heterocycles. The highest BCUT2D eigenvalue weighted by atomic mass is 35.5. The van der Waals surface area contributed by atoms with Crippen molar-refractivity contribution in [2.45, 2.75) is 20.3 Å². The second kappa shape index (κ2) is 8.53. The van der Waals surface area contributed by atoms with E-state index >= 15 is 0 Å². The molecule has 5 nitrogen and oxygen atoms in total. The van der Waals surface area contributed by atoms with Gasteiger partial charge in [-0.3, -0.25) is 4.79 Å². The molecule has 25 heavy (non-hydrogen) atoms. The Balaban J connectivity index is 1.90. The second-order valence-corrected chi connectivity index (χ2v) is 6.12. The number of amides is 1. The molecule has 0 heterocycles. The average Bonchev–Trinajstić information content (AvgIpc) is 2.59. The first-order valence-electron chi connectivity index (χ1n) is 7.89. The lowest BCUT2D eigenvalue weighted by Gasteiger charge is -2.11. The molecule has 2 rings (SSSR count). The third-order valence-corrected chi connectivity index (χ3v) is 4.18. The van der Waals surface area contributed by atoms with E-state index in [1.807, 2.05) is 32.0 Å². The highest BCUT2D eigenvalue weighted by molar-refractivity contribution is 6.33. The third kappa shape index (κ3) is 5.22. The summed E-state index contributed by atoms with van der Waals surface area (Å²) in [5.41, 5.74) is 4.07. The summed E-state index contributed by atoms with van der Waals surface area (Å²) < 4.78 is 4.68. The molecule has 2 aromatic rings. The molecule has 0 aliphatic rings. The SMILES string of the molecule is COC(=O)c1ccc(Cl)c(NCCC(=O)Nc2ccc(C)c(C)c2)c1. The molecule has 1 amide bonds. The highest BCUT2D eigenvalue weighted by Crippen LogP contribution is 2.23. The Labute approximate surface area is 152 Å². The lowest BCUT2D eigenvalue weighted by molar-refractivity contribution is -0.115. The predicted molar refractivity (Wildman–Crippen MR) is 100 cm³/mol. The average molecular weight is 361 g/mol. The summed E-state index contributed by atoms with van der Waals surface area (Å²) in [4.78, 5) is 23.6. The van der Waals surface area contributed by atoms with E-state index in [4.69, 9.17) is 11.6 Å². The van der Waals surface area contributed by atoms with Crippen molar-refractivity contribution >= 4 is 34.9 Å². The first-order valence-corrected chi connectivity index (χ1v) is 8.27. The maximum Gasteiger partial charge on any atom is 0.337 e. The van der Waals surface area contributed by atoms with Crippen LogP contribution in [0.25, 0.3) is 0 Å². The zero-order valence-electron chi connectivity index (χ0n) is 14.5. The molecule has 0 aliphatic heterocycles. The van der Waals surface area contributed by atoms with E-state index in [1.165, 1.54) is 12.7 Å². The van der Waals surface area contributed by atoms with Crippen molar-refractivity contribution in [1.82, 2.24) is 0 Å². The number of anilines is 2. The van der Waals surface area contributed by atoms with Gasteiger partial charge in [0.05, 0.1) is 23.4 Å². The van der Waals surface area contributed by atoms with E-state index in [0.717, 1.165) is 11.3 Å². The monoisotopic (exact) mass is 360 g/mol. The number of carbonyl (C=O) groups excluding carboxylic acids is 2. The van der Waals surface area contributed by atoms with Gasteiger partial charge in [0, 0.05) is 18.7 Å². The van der Waals surface area contributed by atoms with Gasteiger partial charge in [0.2, 0.25) is 5.91 Å². The molecule has 6 heteroatoms. The fourth-order valence-corrected chi connectivity index (χ4v) is 2.44. The van der Waals surface area contributed by atoms with Crippen LogP contribution in [0.5, 0.6) is 0 Å². The minimum Gasteiger partial charge on any atom is -0.465 e. The molecular formula is C19H21ClN2O3. The summed E-state index contributed by atoms with van der Waals surface area (Å²) in [6.45, 7) is 4.42. The van der Waals surface area contributed by atoms with Gasteiger partial charge in [0.15, 0.2) is 0 Å². The summed E-state index contributed by atoms with van der Waals surface area (Å²) >= 11 is 6.11. The van der Waals surface area contributed by atoms with Gasteiger partial charge < -0.3 is 15.4 Å². The number of halogens is 1. The molecule has 0 spiro atoms. The number of rotatable bonds is 6. The van der Waals surface area contributed by atoms with Gasteiger partial charge in [0.25, 0.3) is 0 Å². The maximum atomic E-state index is 12.0. The highest BCUT2D eigenvalue weighted by Gasteiger charge is 2.09. The number of esters is 1. The van der Waals surface area contributed by atoms with Crippen LogP contribution < -0.4 is 10.6 Å².